The van der Waals surface area contributed by atoms with Crippen molar-refractivity contribution in [1.82, 2.24) is 4.98 Å². The highest BCUT2D eigenvalue weighted by Crippen LogP contribution is 2.42. The first-order chi connectivity index (χ1) is 17.1. The second kappa shape index (κ2) is 10.2. The zero-order valence-electron chi connectivity index (χ0n) is 20.0. The smallest absolute Gasteiger partial charge is 0.416 e. The summed E-state index contributed by atoms with van der Waals surface area (Å²) >= 11 is 0. The molecule has 4 rings (SSSR count). The van der Waals surface area contributed by atoms with Crippen LogP contribution in [0.15, 0.2) is 42.6 Å². The van der Waals surface area contributed by atoms with Gasteiger partial charge in [-0.2, -0.15) is 13.2 Å². The fourth-order valence-electron chi connectivity index (χ4n) is 4.59. The van der Waals surface area contributed by atoms with Crippen LogP contribution in [0, 0.1) is 10.1 Å². The summed E-state index contributed by atoms with van der Waals surface area (Å²) in [6.45, 7) is 2.48. The molecule has 11 heteroatoms. The number of hydrogen-bond acceptors (Lipinski definition) is 7. The zero-order chi connectivity index (χ0) is 26.0. The van der Waals surface area contributed by atoms with E-state index in [1.54, 1.807) is 23.1 Å². The maximum Gasteiger partial charge on any atom is 0.416 e. The van der Waals surface area contributed by atoms with Gasteiger partial charge in [0, 0.05) is 36.2 Å². The summed E-state index contributed by atoms with van der Waals surface area (Å²) < 4.78 is 57.3. The molecular formula is C25H26F3N3O5. The van der Waals surface area contributed by atoms with Gasteiger partial charge in [0.2, 0.25) is 0 Å². The number of anilines is 1. The molecule has 1 saturated heterocycles. The number of pyridine rings is 1. The van der Waals surface area contributed by atoms with E-state index in [0.717, 1.165) is 18.3 Å². The van der Waals surface area contributed by atoms with Gasteiger partial charge >= 0.3 is 11.9 Å². The molecule has 1 fully saturated rings. The molecule has 1 aliphatic heterocycles. The number of nitro groups is 1. The van der Waals surface area contributed by atoms with Crippen molar-refractivity contribution >= 4 is 22.3 Å². The second-order valence-corrected chi connectivity index (χ2v) is 8.64. The molecule has 0 bridgehead atoms. The predicted octanol–water partition coefficient (Wildman–Crippen LogP) is 5.75. The third kappa shape index (κ3) is 5.15. The summed E-state index contributed by atoms with van der Waals surface area (Å²) in [6.07, 6.45) is -2.55. The van der Waals surface area contributed by atoms with Gasteiger partial charge in [0.15, 0.2) is 0 Å². The number of halogens is 3. The van der Waals surface area contributed by atoms with Gasteiger partial charge in [0.1, 0.15) is 23.4 Å². The lowest BCUT2D eigenvalue weighted by molar-refractivity contribution is -0.384. The molecule has 2 heterocycles. The maximum absolute atomic E-state index is 13.6. The second-order valence-electron chi connectivity index (χ2n) is 8.64. The van der Waals surface area contributed by atoms with E-state index in [1.165, 1.54) is 20.3 Å². The molecular weight excluding hydrogens is 479 g/mol. The van der Waals surface area contributed by atoms with Gasteiger partial charge in [-0.05, 0) is 50.1 Å². The van der Waals surface area contributed by atoms with Crippen molar-refractivity contribution in [1.29, 1.82) is 0 Å². The molecule has 36 heavy (non-hydrogen) atoms. The fraction of sp³-hybridized carbons (Fsp3) is 0.400. The van der Waals surface area contributed by atoms with Gasteiger partial charge in [0.05, 0.1) is 36.3 Å². The summed E-state index contributed by atoms with van der Waals surface area (Å²) in [7, 11) is 3.02. The van der Waals surface area contributed by atoms with E-state index in [9.17, 15) is 23.3 Å². The van der Waals surface area contributed by atoms with E-state index >= 15 is 0 Å². The van der Waals surface area contributed by atoms with Crippen LogP contribution in [0.4, 0.5) is 24.5 Å². The van der Waals surface area contributed by atoms with Crippen LogP contribution in [0.1, 0.15) is 30.9 Å². The van der Waals surface area contributed by atoms with E-state index in [4.69, 9.17) is 14.2 Å². The molecule has 0 aliphatic carbocycles. The molecule has 0 spiro atoms. The third-order valence-electron chi connectivity index (χ3n) is 6.36. The summed E-state index contributed by atoms with van der Waals surface area (Å²) in [4.78, 5) is 17.4. The van der Waals surface area contributed by atoms with Crippen LogP contribution in [0.5, 0.6) is 11.5 Å². The maximum atomic E-state index is 13.6. The van der Waals surface area contributed by atoms with Gasteiger partial charge < -0.3 is 19.1 Å². The van der Waals surface area contributed by atoms with E-state index in [-0.39, 0.29) is 41.0 Å². The fourth-order valence-corrected chi connectivity index (χ4v) is 4.59. The molecule has 8 nitrogen and oxygen atoms in total. The molecule has 0 unspecified atom stereocenters. The van der Waals surface area contributed by atoms with Crippen LogP contribution in [0.3, 0.4) is 0 Å². The summed E-state index contributed by atoms with van der Waals surface area (Å²) in [5, 5.41) is 12.2. The van der Waals surface area contributed by atoms with Crippen molar-refractivity contribution in [2.45, 2.75) is 44.6 Å². The van der Waals surface area contributed by atoms with Gasteiger partial charge in [-0.1, -0.05) is 0 Å². The van der Waals surface area contributed by atoms with Crippen molar-refractivity contribution < 1.29 is 32.3 Å². The minimum absolute atomic E-state index is 0.0608. The molecule has 0 radical (unpaired) electrons. The predicted molar refractivity (Wildman–Crippen MR) is 128 cm³/mol. The number of methoxy groups -OCH3 is 2. The number of alkyl halides is 3. The largest absolute Gasteiger partial charge is 0.497 e. The van der Waals surface area contributed by atoms with Crippen LogP contribution in [0.25, 0.3) is 10.9 Å². The standard InChI is InChI=1S/C25H26F3N3O5/c1-15-10-18(8-9-36-15)30(14-16-4-6-19(34-2)12-23(16)35-3)24-20-11-17(25(26,27)28)5-7-21(20)29-13-22(24)31(32)33/h4-7,11-13,15,18H,8-10,14H2,1-3H3/t15-,18-/m1/s1. The Kier molecular flexibility index (Phi) is 7.21. The quantitative estimate of drug-likeness (QED) is 0.298. The Morgan fingerprint density at radius 2 is 1.97 bits per heavy atom. The van der Waals surface area contributed by atoms with Crippen LogP contribution in [-0.4, -0.2) is 42.9 Å². The molecule has 1 aliphatic rings. The zero-order valence-corrected chi connectivity index (χ0v) is 20.0. The Bertz CT molecular complexity index is 1270. The average molecular weight is 505 g/mol. The number of nitrogens with zero attached hydrogens (tertiary/aromatic N) is 3. The molecule has 192 valence electrons. The molecule has 0 saturated carbocycles. The van der Waals surface area contributed by atoms with E-state index in [0.29, 0.717) is 36.5 Å². The summed E-state index contributed by atoms with van der Waals surface area (Å²) in [5.74, 6) is 1.06. The minimum atomic E-state index is -4.62. The Morgan fingerprint density at radius 1 is 1.19 bits per heavy atom. The van der Waals surface area contributed by atoms with Gasteiger partial charge in [-0.3, -0.25) is 10.1 Å². The Labute approximate surface area is 205 Å². The van der Waals surface area contributed by atoms with Gasteiger partial charge in [0.25, 0.3) is 0 Å². The van der Waals surface area contributed by atoms with Crippen LogP contribution >= 0.6 is 0 Å². The lowest BCUT2D eigenvalue weighted by atomic mass is 9.98. The Balaban J connectivity index is 1.95. The average Bonchev–Trinajstić information content (AvgIpc) is 2.85. The normalized spacial score (nSPS) is 18.2. The van der Waals surface area contributed by atoms with Crippen molar-refractivity contribution in [3.8, 4) is 11.5 Å². The van der Waals surface area contributed by atoms with E-state index in [1.807, 2.05) is 6.92 Å². The van der Waals surface area contributed by atoms with E-state index < -0.39 is 16.7 Å². The van der Waals surface area contributed by atoms with Crippen molar-refractivity contribution in [3.05, 3.63) is 63.8 Å². The SMILES string of the molecule is COc1ccc(CN(c2c([N+](=O)[O-])cnc3ccc(C(F)(F)F)cc23)[C@@H]2CCO[C@H](C)C2)c(OC)c1. The highest BCUT2D eigenvalue weighted by atomic mass is 19.4. The van der Waals surface area contributed by atoms with E-state index in [2.05, 4.69) is 4.98 Å². The Hall–Kier alpha value is -3.60. The number of ether oxygens (including phenoxy) is 3. The van der Waals surface area contributed by atoms with Crippen LogP contribution < -0.4 is 14.4 Å². The number of aromatic nitrogens is 1. The summed E-state index contributed by atoms with van der Waals surface area (Å²) in [6, 6.07) is 8.09. The van der Waals surface area contributed by atoms with Gasteiger partial charge in [-0.15, -0.1) is 0 Å². The van der Waals surface area contributed by atoms with Crippen molar-refractivity contribution in [3.63, 3.8) is 0 Å². The molecule has 2 aromatic carbocycles. The first-order valence-corrected chi connectivity index (χ1v) is 11.4. The topological polar surface area (TPSA) is 87.0 Å². The number of rotatable bonds is 7. The number of hydrogen-bond donors (Lipinski definition) is 0. The van der Waals surface area contributed by atoms with Gasteiger partial charge in [-0.25, -0.2) is 4.98 Å². The lowest BCUT2D eigenvalue weighted by Crippen LogP contribution is -2.42. The molecule has 3 aromatic rings. The molecule has 0 amide bonds. The van der Waals surface area contributed by atoms with Crippen molar-refractivity contribution in [2.75, 3.05) is 25.7 Å². The van der Waals surface area contributed by atoms with Crippen LogP contribution in [0.2, 0.25) is 0 Å². The minimum Gasteiger partial charge on any atom is -0.497 e. The van der Waals surface area contributed by atoms with Crippen LogP contribution in [-0.2, 0) is 17.5 Å². The number of benzene rings is 2. The molecule has 2 atom stereocenters. The lowest BCUT2D eigenvalue weighted by Gasteiger charge is -2.38. The first kappa shape index (κ1) is 25.5. The highest BCUT2D eigenvalue weighted by Gasteiger charge is 2.35. The summed E-state index contributed by atoms with van der Waals surface area (Å²) in [5.41, 5.74) is -0.249. The first-order valence-electron chi connectivity index (χ1n) is 11.4. The molecule has 1 aromatic heterocycles. The molecule has 0 N–H and O–H groups in total. The number of fused-ring (bicyclic) bond motifs is 1. The van der Waals surface area contributed by atoms with Crippen molar-refractivity contribution in [2.24, 2.45) is 0 Å². The highest BCUT2D eigenvalue weighted by molar-refractivity contribution is 5.97. The monoisotopic (exact) mass is 505 g/mol. The third-order valence-corrected chi connectivity index (χ3v) is 6.36. The Morgan fingerprint density at radius 3 is 2.61 bits per heavy atom.